The number of amides is 1. The van der Waals surface area contributed by atoms with E-state index in [9.17, 15) is 13.6 Å². The molecule has 0 saturated carbocycles. The number of imidazole rings is 1. The van der Waals surface area contributed by atoms with E-state index in [1.54, 1.807) is 18.6 Å². The van der Waals surface area contributed by atoms with Crippen LogP contribution < -0.4 is 21.3 Å². The number of halogens is 2. The van der Waals surface area contributed by atoms with Crippen LogP contribution in [0.5, 0.6) is 0 Å². The highest BCUT2D eigenvalue weighted by atomic mass is 19.1. The maximum atomic E-state index is 14.9. The average molecular weight is 595 g/mol. The molecule has 1 amide bonds. The van der Waals surface area contributed by atoms with Crippen molar-refractivity contribution in [1.29, 1.82) is 5.41 Å². The van der Waals surface area contributed by atoms with Crippen LogP contribution >= 0.6 is 0 Å². The molecule has 5 rings (SSSR count). The van der Waals surface area contributed by atoms with E-state index < -0.39 is 17.7 Å². The van der Waals surface area contributed by atoms with Gasteiger partial charge in [-0.05, 0) is 60.6 Å². The third kappa shape index (κ3) is 7.00. The molecule has 2 fully saturated rings. The Hall–Kier alpha value is -4.36. The van der Waals surface area contributed by atoms with Crippen molar-refractivity contribution < 1.29 is 23.0 Å². The summed E-state index contributed by atoms with van der Waals surface area (Å²) in [6.45, 7) is 4.29. The first-order valence-electron chi connectivity index (χ1n) is 14.2. The van der Waals surface area contributed by atoms with Gasteiger partial charge in [0, 0.05) is 38.5 Å². The van der Waals surface area contributed by atoms with Crippen LogP contribution in [0.1, 0.15) is 42.5 Å². The molecule has 0 unspecified atom stereocenters. The van der Waals surface area contributed by atoms with E-state index in [0.29, 0.717) is 62.0 Å². The first-order chi connectivity index (χ1) is 20.7. The summed E-state index contributed by atoms with van der Waals surface area (Å²) in [5.41, 5.74) is 8.43. The van der Waals surface area contributed by atoms with E-state index in [0.717, 1.165) is 5.69 Å². The zero-order valence-electron chi connectivity index (χ0n) is 24.1. The molecule has 3 atom stereocenters. The molecule has 43 heavy (non-hydrogen) atoms. The van der Waals surface area contributed by atoms with Crippen LogP contribution in [-0.4, -0.2) is 72.3 Å². The van der Waals surface area contributed by atoms with Gasteiger partial charge in [-0.3, -0.25) is 4.98 Å². The van der Waals surface area contributed by atoms with Crippen LogP contribution in [0, 0.1) is 23.0 Å². The van der Waals surface area contributed by atoms with Crippen molar-refractivity contribution in [3.05, 3.63) is 71.3 Å². The molecule has 3 aromatic rings. The second-order valence-corrected chi connectivity index (χ2v) is 10.9. The number of allylic oxidation sites excluding steroid dienone is 1. The molecular weight excluding hydrogens is 558 g/mol. The lowest BCUT2D eigenvalue weighted by molar-refractivity contribution is 0.0852. The molecule has 13 heteroatoms. The first kappa shape index (κ1) is 30.1. The Kier molecular flexibility index (Phi) is 9.31. The molecule has 2 aromatic heterocycles. The number of nitrogens with one attached hydrogen (secondary N) is 4. The number of aromatic nitrogens is 3. The molecule has 1 aromatic carbocycles. The van der Waals surface area contributed by atoms with Gasteiger partial charge < -0.3 is 41.1 Å². The minimum atomic E-state index is -0.758. The van der Waals surface area contributed by atoms with E-state index in [4.69, 9.17) is 20.6 Å². The Bertz CT molecular complexity index is 1450. The topological polar surface area (TPSA) is 154 Å². The summed E-state index contributed by atoms with van der Waals surface area (Å²) in [5.74, 6) is -1.01. The number of benzene rings is 1. The molecule has 2 aliphatic heterocycles. The van der Waals surface area contributed by atoms with Crippen LogP contribution in [0.15, 0.2) is 42.9 Å². The molecular formula is C30H36F2N8O3. The normalized spacial score (nSPS) is 21.1. The van der Waals surface area contributed by atoms with Gasteiger partial charge in [-0.15, -0.1) is 0 Å². The molecule has 0 radical (unpaired) electrons. The number of alkyl carbamates (subject to hydrolysis) is 1. The second-order valence-electron chi connectivity index (χ2n) is 10.9. The van der Waals surface area contributed by atoms with E-state index in [2.05, 4.69) is 30.5 Å². The Morgan fingerprint density at radius 3 is 2.67 bits per heavy atom. The van der Waals surface area contributed by atoms with Gasteiger partial charge in [0.25, 0.3) is 0 Å². The fraction of sp³-hybridized carbons (Fsp3) is 0.400. The third-order valence-corrected chi connectivity index (χ3v) is 7.93. The molecule has 2 saturated heterocycles. The highest BCUT2D eigenvalue weighted by Crippen LogP contribution is 2.32. The minimum Gasteiger partial charge on any atom is -0.453 e. The number of piperidine rings is 1. The van der Waals surface area contributed by atoms with Gasteiger partial charge >= 0.3 is 6.09 Å². The molecule has 6 N–H and O–H groups in total. The number of ether oxygens (including phenoxy) is 2. The summed E-state index contributed by atoms with van der Waals surface area (Å²) in [6.07, 6.45) is 8.69. The fourth-order valence-electron chi connectivity index (χ4n) is 5.71. The fourth-order valence-corrected chi connectivity index (χ4v) is 5.71. The van der Waals surface area contributed by atoms with E-state index in [-0.39, 0.29) is 35.2 Å². The second kappa shape index (κ2) is 13.3. The Labute approximate surface area is 248 Å². The lowest BCUT2D eigenvalue weighted by Crippen LogP contribution is -2.62. The molecule has 228 valence electrons. The molecule has 11 nitrogen and oxygen atoms in total. The van der Waals surface area contributed by atoms with Crippen molar-refractivity contribution in [2.75, 3.05) is 43.6 Å². The highest BCUT2D eigenvalue weighted by Gasteiger charge is 2.34. The molecule has 0 spiro atoms. The van der Waals surface area contributed by atoms with Crippen LogP contribution in [0.4, 0.5) is 30.9 Å². The number of hydrogen-bond donors (Lipinski definition) is 5. The summed E-state index contributed by atoms with van der Waals surface area (Å²) >= 11 is 0. The van der Waals surface area contributed by atoms with Crippen LogP contribution in [0.2, 0.25) is 0 Å². The van der Waals surface area contributed by atoms with Gasteiger partial charge in [0.05, 0.1) is 53.9 Å². The predicted octanol–water partition coefficient (Wildman–Crippen LogP) is 4.31. The molecule has 0 bridgehead atoms. The highest BCUT2D eigenvalue weighted by molar-refractivity contribution is 6.09. The molecule has 2 aliphatic rings. The quantitative estimate of drug-likeness (QED) is 0.242. The largest absolute Gasteiger partial charge is 0.453 e. The molecule has 4 heterocycles. The number of H-pyrrole nitrogens is 1. The van der Waals surface area contributed by atoms with Crippen molar-refractivity contribution in [3.8, 4) is 0 Å². The van der Waals surface area contributed by atoms with Gasteiger partial charge in [0.1, 0.15) is 11.6 Å². The number of hydrogen-bond acceptors (Lipinski definition) is 9. The number of carbonyl (C=O) groups is 1. The number of carbonyl (C=O) groups excluding carboxylic acids is 1. The van der Waals surface area contributed by atoms with Crippen molar-refractivity contribution in [2.24, 2.45) is 11.7 Å². The number of rotatable bonds is 8. The van der Waals surface area contributed by atoms with Gasteiger partial charge in [-0.25, -0.2) is 18.6 Å². The Morgan fingerprint density at radius 2 is 1.98 bits per heavy atom. The number of methoxy groups -OCH3 is 1. The monoisotopic (exact) mass is 594 g/mol. The van der Waals surface area contributed by atoms with E-state index in [1.807, 2.05) is 13.0 Å². The summed E-state index contributed by atoms with van der Waals surface area (Å²) in [7, 11) is 1.32. The summed E-state index contributed by atoms with van der Waals surface area (Å²) in [5, 5.41) is 14.4. The van der Waals surface area contributed by atoms with Crippen LogP contribution in [0.25, 0.3) is 6.08 Å². The van der Waals surface area contributed by atoms with Gasteiger partial charge in [0.2, 0.25) is 5.95 Å². The SMILES string of the molecule is COC(=O)N[C@@H]1[C@H](N)CN(c2ccncc2Nc2ncc(/C=C\C(=N)c3c(F)cc(C4CCOCC4)cc3F)[nH]2)C[C@@H]1C. The third-order valence-electron chi connectivity index (χ3n) is 7.93. The van der Waals surface area contributed by atoms with E-state index >= 15 is 0 Å². The van der Waals surface area contributed by atoms with E-state index in [1.165, 1.54) is 31.4 Å². The zero-order chi connectivity index (χ0) is 30.5. The van der Waals surface area contributed by atoms with Gasteiger partial charge in [-0.2, -0.15) is 0 Å². The number of anilines is 3. The number of nitrogens with two attached hydrogens (primary N) is 1. The van der Waals surface area contributed by atoms with Crippen LogP contribution in [-0.2, 0) is 9.47 Å². The standard InChI is InChI=1S/C30H36F2N8O3/c1-17-15-40(16-24(34)28(17)39-30(41)42-2)26-5-8-35-14-25(26)38-29-36-13-20(37-29)3-4-23(33)27-21(31)11-19(12-22(27)32)18-6-9-43-10-7-18/h3-5,8,11-14,17-18,24,28,33H,6-7,9-10,15-16,34H2,1-2H3,(H,39,41)(H2,36,37,38)/b4-3-,33-23?/t17-,24+,28-/m0/s1. The maximum absolute atomic E-state index is 14.9. The van der Waals surface area contributed by atoms with Crippen molar-refractivity contribution in [2.45, 2.75) is 37.8 Å². The summed E-state index contributed by atoms with van der Waals surface area (Å²) < 4.78 is 39.9. The van der Waals surface area contributed by atoms with Gasteiger partial charge in [-0.1, -0.05) is 6.92 Å². The summed E-state index contributed by atoms with van der Waals surface area (Å²) in [6, 6.07) is 3.97. The molecule has 0 aliphatic carbocycles. The zero-order valence-corrected chi connectivity index (χ0v) is 24.1. The Morgan fingerprint density at radius 1 is 1.23 bits per heavy atom. The van der Waals surface area contributed by atoms with Gasteiger partial charge in [0.15, 0.2) is 0 Å². The van der Waals surface area contributed by atoms with Crippen molar-refractivity contribution >= 4 is 35.2 Å². The minimum absolute atomic E-state index is 0.0447. The smallest absolute Gasteiger partial charge is 0.407 e. The first-order valence-corrected chi connectivity index (χ1v) is 14.2. The van der Waals surface area contributed by atoms with Crippen molar-refractivity contribution in [3.63, 3.8) is 0 Å². The average Bonchev–Trinajstić information content (AvgIpc) is 3.45. The Balaban J connectivity index is 1.25. The maximum Gasteiger partial charge on any atom is 0.407 e. The summed E-state index contributed by atoms with van der Waals surface area (Å²) in [4.78, 5) is 25.6. The lowest BCUT2D eigenvalue weighted by Gasteiger charge is -2.42. The van der Waals surface area contributed by atoms with Crippen molar-refractivity contribution in [1.82, 2.24) is 20.3 Å². The number of pyridine rings is 1. The number of nitrogens with zero attached hydrogens (tertiary/aromatic N) is 3. The lowest BCUT2D eigenvalue weighted by atomic mass is 9.90. The predicted molar refractivity (Wildman–Crippen MR) is 160 cm³/mol. The number of aromatic amines is 1. The van der Waals surface area contributed by atoms with Crippen LogP contribution in [0.3, 0.4) is 0 Å².